The first-order valence-corrected chi connectivity index (χ1v) is 7.22. The molecule has 0 aliphatic carbocycles. The minimum atomic E-state index is -0.414. The number of nitrogens with zero attached hydrogens (tertiary/aromatic N) is 1. The summed E-state index contributed by atoms with van der Waals surface area (Å²) in [5.74, 6) is 0. The number of hydrogen-bond acceptors (Lipinski definition) is 4. The van der Waals surface area contributed by atoms with Crippen LogP contribution >= 0.6 is 11.3 Å². The smallest absolute Gasteiger partial charge is 0.410 e. The van der Waals surface area contributed by atoms with Crippen LogP contribution in [-0.2, 0) is 22.5 Å². The van der Waals surface area contributed by atoms with Gasteiger partial charge >= 0.3 is 6.09 Å². The Labute approximate surface area is 123 Å². The second kappa shape index (κ2) is 6.74. The third kappa shape index (κ3) is 4.85. The number of fused-ring (bicyclic) bond motifs is 1. The number of rotatable bonds is 0. The van der Waals surface area contributed by atoms with Crippen LogP contribution in [0.15, 0.2) is 6.07 Å². The Morgan fingerprint density at radius 3 is 2.65 bits per heavy atom. The zero-order chi connectivity index (χ0) is 15.3. The largest absolute Gasteiger partial charge is 0.483 e. The first-order chi connectivity index (χ1) is 9.26. The summed E-state index contributed by atoms with van der Waals surface area (Å²) in [6.07, 6.45) is 0.744. The van der Waals surface area contributed by atoms with Crippen LogP contribution in [0.2, 0.25) is 0 Å². The topological polar surface area (TPSA) is 66.8 Å². The van der Waals surface area contributed by atoms with Crippen molar-refractivity contribution in [1.29, 1.82) is 0 Å². The van der Waals surface area contributed by atoms with Gasteiger partial charge in [0.1, 0.15) is 5.60 Å². The van der Waals surface area contributed by atoms with Gasteiger partial charge in [0, 0.05) is 16.3 Å². The van der Waals surface area contributed by atoms with E-state index in [4.69, 9.17) is 14.6 Å². The van der Waals surface area contributed by atoms with Crippen molar-refractivity contribution in [2.45, 2.75) is 46.3 Å². The molecule has 20 heavy (non-hydrogen) atoms. The summed E-state index contributed by atoms with van der Waals surface area (Å²) in [5.41, 5.74) is 0.982. The fraction of sp³-hybridized carbons (Fsp3) is 0.571. The first-order valence-electron chi connectivity index (χ1n) is 6.41. The number of amides is 1. The molecule has 0 radical (unpaired) electrons. The second-order valence-corrected chi connectivity index (χ2v) is 6.90. The average molecular weight is 299 g/mol. The highest BCUT2D eigenvalue weighted by atomic mass is 32.1. The minimum absolute atomic E-state index is 0.200. The lowest BCUT2D eigenvalue weighted by Gasteiger charge is -2.29. The van der Waals surface area contributed by atoms with E-state index in [0.29, 0.717) is 6.54 Å². The zero-order valence-corrected chi connectivity index (χ0v) is 13.1. The Morgan fingerprint density at radius 2 is 2.10 bits per heavy atom. The molecule has 1 aromatic heterocycles. The molecule has 0 saturated heterocycles. The molecule has 1 aliphatic rings. The van der Waals surface area contributed by atoms with Crippen LogP contribution in [0.5, 0.6) is 0 Å². The fourth-order valence-electron chi connectivity index (χ4n) is 1.95. The van der Waals surface area contributed by atoms with Crippen LogP contribution in [0.3, 0.4) is 0 Å². The van der Waals surface area contributed by atoms with Crippen LogP contribution in [-0.4, -0.2) is 34.7 Å². The van der Waals surface area contributed by atoms with E-state index in [-0.39, 0.29) is 12.6 Å². The molecule has 0 saturated carbocycles. The lowest BCUT2D eigenvalue weighted by atomic mass is 10.1. The molecule has 0 unspecified atom stereocenters. The fourth-order valence-corrected chi connectivity index (χ4v) is 3.05. The van der Waals surface area contributed by atoms with Gasteiger partial charge in [0.25, 0.3) is 6.47 Å². The molecule has 2 heterocycles. The average Bonchev–Trinajstić information content (AvgIpc) is 2.66. The van der Waals surface area contributed by atoms with Gasteiger partial charge in [-0.3, -0.25) is 4.79 Å². The third-order valence-corrected chi connectivity index (χ3v) is 3.73. The molecule has 2 rings (SSSR count). The van der Waals surface area contributed by atoms with Gasteiger partial charge in [-0.05, 0) is 45.7 Å². The van der Waals surface area contributed by atoms with Gasteiger partial charge in [-0.2, -0.15) is 0 Å². The van der Waals surface area contributed by atoms with Crippen molar-refractivity contribution in [2.75, 3.05) is 6.54 Å². The van der Waals surface area contributed by atoms with E-state index in [1.54, 1.807) is 16.2 Å². The molecule has 1 N–H and O–H groups in total. The quantitative estimate of drug-likeness (QED) is 0.748. The monoisotopic (exact) mass is 299 g/mol. The molecule has 1 aliphatic heterocycles. The SMILES string of the molecule is Cc1cc2c(s1)CN(C(=O)OC(C)(C)C)CC2.O=CO. The van der Waals surface area contributed by atoms with E-state index < -0.39 is 5.60 Å². The summed E-state index contributed by atoms with van der Waals surface area (Å²) in [6, 6.07) is 2.23. The molecule has 112 valence electrons. The van der Waals surface area contributed by atoms with Gasteiger partial charge < -0.3 is 14.7 Å². The Bertz CT molecular complexity index is 476. The number of thiophene rings is 1. The standard InChI is InChI=1S/C13H19NO2S.CH2O2/c1-9-7-10-5-6-14(8-11(10)17-9)12(15)16-13(2,3)4;2-1-3/h7H,5-6,8H2,1-4H3;1H,(H,2,3). The molecular formula is C14H21NO4S. The predicted octanol–water partition coefficient (Wildman–Crippen LogP) is 3.05. The highest BCUT2D eigenvalue weighted by Crippen LogP contribution is 2.28. The summed E-state index contributed by atoms with van der Waals surface area (Å²) >= 11 is 1.78. The summed E-state index contributed by atoms with van der Waals surface area (Å²) in [7, 11) is 0. The van der Waals surface area contributed by atoms with Crippen LogP contribution in [0, 0.1) is 6.92 Å². The molecule has 1 amide bonds. The van der Waals surface area contributed by atoms with Crippen molar-refractivity contribution in [3.63, 3.8) is 0 Å². The lowest BCUT2D eigenvalue weighted by Crippen LogP contribution is -2.39. The van der Waals surface area contributed by atoms with E-state index in [1.165, 1.54) is 15.3 Å². The molecule has 0 bridgehead atoms. The number of carboxylic acid groups (broad SMARTS) is 1. The van der Waals surface area contributed by atoms with E-state index in [0.717, 1.165) is 13.0 Å². The zero-order valence-electron chi connectivity index (χ0n) is 12.3. The Morgan fingerprint density at radius 1 is 1.50 bits per heavy atom. The third-order valence-electron chi connectivity index (χ3n) is 2.66. The van der Waals surface area contributed by atoms with Gasteiger partial charge in [-0.1, -0.05) is 0 Å². The summed E-state index contributed by atoms with van der Waals surface area (Å²) < 4.78 is 5.39. The number of ether oxygens (including phenoxy) is 1. The van der Waals surface area contributed by atoms with Crippen molar-refractivity contribution < 1.29 is 19.4 Å². The molecule has 0 fully saturated rings. The van der Waals surface area contributed by atoms with Crippen molar-refractivity contribution >= 4 is 23.9 Å². The highest BCUT2D eigenvalue weighted by molar-refractivity contribution is 7.12. The minimum Gasteiger partial charge on any atom is -0.483 e. The van der Waals surface area contributed by atoms with Crippen molar-refractivity contribution in [2.24, 2.45) is 0 Å². The van der Waals surface area contributed by atoms with E-state index >= 15 is 0 Å². The van der Waals surface area contributed by atoms with E-state index in [9.17, 15) is 4.79 Å². The molecular weight excluding hydrogens is 278 g/mol. The van der Waals surface area contributed by atoms with Crippen LogP contribution < -0.4 is 0 Å². The second-order valence-electron chi connectivity index (χ2n) is 5.56. The van der Waals surface area contributed by atoms with Crippen LogP contribution in [0.4, 0.5) is 4.79 Å². The number of aryl methyl sites for hydroxylation is 1. The molecule has 0 spiro atoms. The van der Waals surface area contributed by atoms with Crippen LogP contribution in [0.1, 0.15) is 36.1 Å². The molecule has 5 nitrogen and oxygen atoms in total. The molecule has 1 aromatic rings. The maximum absolute atomic E-state index is 11.9. The number of carbonyl (C=O) groups is 2. The van der Waals surface area contributed by atoms with E-state index in [2.05, 4.69) is 13.0 Å². The number of hydrogen-bond donors (Lipinski definition) is 1. The first kappa shape index (κ1) is 16.5. The predicted molar refractivity (Wildman–Crippen MR) is 78.1 cm³/mol. The Hall–Kier alpha value is -1.56. The summed E-state index contributed by atoms with van der Waals surface area (Å²) in [6.45, 7) is 9.02. The van der Waals surface area contributed by atoms with Gasteiger partial charge in [0.05, 0.1) is 6.54 Å². The van der Waals surface area contributed by atoms with Crippen molar-refractivity contribution in [3.8, 4) is 0 Å². The maximum Gasteiger partial charge on any atom is 0.410 e. The lowest BCUT2D eigenvalue weighted by molar-refractivity contribution is -0.122. The van der Waals surface area contributed by atoms with E-state index in [1.807, 2.05) is 20.8 Å². The number of carbonyl (C=O) groups excluding carboxylic acids is 1. The van der Waals surface area contributed by atoms with Crippen molar-refractivity contribution in [3.05, 3.63) is 21.4 Å². The Balaban J connectivity index is 0.000000612. The normalized spacial score (nSPS) is 13.9. The Kier molecular flexibility index (Phi) is 5.56. The summed E-state index contributed by atoms with van der Waals surface area (Å²) in [5, 5.41) is 6.89. The van der Waals surface area contributed by atoms with Crippen molar-refractivity contribution in [1.82, 2.24) is 4.90 Å². The van der Waals surface area contributed by atoms with Gasteiger partial charge in [0.2, 0.25) is 0 Å². The molecule has 6 heteroatoms. The molecule has 0 aromatic carbocycles. The highest BCUT2D eigenvalue weighted by Gasteiger charge is 2.26. The maximum atomic E-state index is 11.9. The van der Waals surface area contributed by atoms with Crippen LogP contribution in [0.25, 0.3) is 0 Å². The van der Waals surface area contributed by atoms with Gasteiger partial charge in [-0.15, -0.1) is 11.3 Å². The summed E-state index contributed by atoms with van der Waals surface area (Å²) in [4.78, 5) is 24.7. The van der Waals surface area contributed by atoms with Gasteiger partial charge in [-0.25, -0.2) is 4.79 Å². The molecule has 0 atom stereocenters. The van der Waals surface area contributed by atoms with Gasteiger partial charge in [0.15, 0.2) is 0 Å².